The third-order valence-electron chi connectivity index (χ3n) is 4.15. The van der Waals surface area contributed by atoms with Gasteiger partial charge < -0.3 is 15.4 Å². The molecule has 5 nitrogen and oxygen atoms in total. The van der Waals surface area contributed by atoms with Crippen LogP contribution in [0.15, 0.2) is 10.4 Å². The molecular weight excluding hydrogens is 284 g/mol. The van der Waals surface area contributed by atoms with Gasteiger partial charge in [-0.2, -0.15) is 0 Å². The van der Waals surface area contributed by atoms with Gasteiger partial charge in [-0.1, -0.05) is 13.8 Å². The highest BCUT2D eigenvalue weighted by Gasteiger charge is 2.41. The summed E-state index contributed by atoms with van der Waals surface area (Å²) in [6.45, 7) is 5.06. The van der Waals surface area contributed by atoms with Gasteiger partial charge in [0.05, 0.1) is 35.5 Å². The minimum atomic E-state index is 0.361. The summed E-state index contributed by atoms with van der Waals surface area (Å²) in [5.41, 5.74) is 1.08. The van der Waals surface area contributed by atoms with E-state index in [4.69, 9.17) is 4.74 Å². The van der Waals surface area contributed by atoms with Crippen molar-refractivity contribution >= 4 is 17.3 Å². The molecule has 0 saturated carbocycles. The minimum absolute atomic E-state index is 0.361. The summed E-state index contributed by atoms with van der Waals surface area (Å²) in [6.07, 6.45) is 4.30. The van der Waals surface area contributed by atoms with Crippen molar-refractivity contribution in [2.45, 2.75) is 63.8 Å². The van der Waals surface area contributed by atoms with Crippen molar-refractivity contribution in [1.29, 1.82) is 0 Å². The SMILES string of the molecule is CN=C(NCc1csc(C(C)C)n1)NC1CC2CCC1O2. The van der Waals surface area contributed by atoms with Crippen LogP contribution in [0.2, 0.25) is 0 Å². The predicted octanol–water partition coefficient (Wildman–Crippen LogP) is 2.25. The van der Waals surface area contributed by atoms with Gasteiger partial charge in [0.1, 0.15) is 0 Å². The number of guanidine groups is 1. The first kappa shape index (κ1) is 14.8. The molecule has 0 spiro atoms. The van der Waals surface area contributed by atoms with Crippen LogP contribution in [-0.4, -0.2) is 36.2 Å². The van der Waals surface area contributed by atoms with Gasteiger partial charge in [0.25, 0.3) is 0 Å². The molecule has 0 aromatic carbocycles. The lowest BCUT2D eigenvalue weighted by Gasteiger charge is -2.22. The number of nitrogens with one attached hydrogen (secondary N) is 2. The first-order valence-corrected chi connectivity index (χ1v) is 8.60. The predicted molar refractivity (Wildman–Crippen MR) is 85.8 cm³/mol. The molecule has 2 aliphatic heterocycles. The standard InChI is InChI=1S/C15H24N4OS/c1-9(2)14-18-10(8-21-14)7-17-15(16-3)19-12-6-11-4-5-13(12)20-11/h8-9,11-13H,4-7H2,1-3H3,(H2,16,17,19). The van der Waals surface area contributed by atoms with Gasteiger partial charge >= 0.3 is 0 Å². The Labute approximate surface area is 130 Å². The van der Waals surface area contributed by atoms with Crippen LogP contribution in [-0.2, 0) is 11.3 Å². The molecule has 0 aliphatic carbocycles. The van der Waals surface area contributed by atoms with E-state index in [-0.39, 0.29) is 0 Å². The first-order valence-electron chi connectivity index (χ1n) is 7.72. The maximum absolute atomic E-state index is 5.87. The van der Waals surface area contributed by atoms with Gasteiger partial charge in [-0.05, 0) is 19.3 Å². The van der Waals surface area contributed by atoms with Crippen LogP contribution in [0.3, 0.4) is 0 Å². The van der Waals surface area contributed by atoms with Crippen LogP contribution >= 0.6 is 11.3 Å². The van der Waals surface area contributed by atoms with E-state index in [1.165, 1.54) is 17.8 Å². The van der Waals surface area contributed by atoms with E-state index in [2.05, 4.69) is 39.8 Å². The Morgan fingerprint density at radius 3 is 2.95 bits per heavy atom. The second kappa shape index (κ2) is 6.32. The second-order valence-corrected chi connectivity index (χ2v) is 7.01. The Balaban J connectivity index is 1.50. The van der Waals surface area contributed by atoms with Crippen molar-refractivity contribution < 1.29 is 4.74 Å². The fourth-order valence-corrected chi connectivity index (χ4v) is 3.84. The number of hydrogen-bond donors (Lipinski definition) is 2. The van der Waals surface area contributed by atoms with Gasteiger partial charge in [-0.25, -0.2) is 4.98 Å². The Hall–Kier alpha value is -1.14. The molecule has 0 radical (unpaired) electrons. The van der Waals surface area contributed by atoms with Crippen LogP contribution in [0.5, 0.6) is 0 Å². The molecule has 2 fully saturated rings. The number of ether oxygens (including phenoxy) is 1. The van der Waals surface area contributed by atoms with E-state index in [0.29, 0.717) is 30.7 Å². The van der Waals surface area contributed by atoms with E-state index in [0.717, 1.165) is 18.1 Å². The van der Waals surface area contributed by atoms with Crippen LogP contribution in [0.1, 0.15) is 49.7 Å². The van der Waals surface area contributed by atoms with Crippen LogP contribution in [0, 0.1) is 0 Å². The number of aromatic nitrogens is 1. The second-order valence-electron chi connectivity index (χ2n) is 6.12. The summed E-state index contributed by atoms with van der Waals surface area (Å²) in [4.78, 5) is 8.94. The highest BCUT2D eigenvalue weighted by molar-refractivity contribution is 7.09. The van der Waals surface area contributed by atoms with E-state index >= 15 is 0 Å². The topological polar surface area (TPSA) is 58.5 Å². The molecule has 0 amide bonds. The molecule has 1 aromatic heterocycles. The van der Waals surface area contributed by atoms with E-state index in [9.17, 15) is 0 Å². The lowest BCUT2D eigenvalue weighted by atomic mass is 9.96. The molecule has 2 saturated heterocycles. The van der Waals surface area contributed by atoms with Crippen LogP contribution in [0.4, 0.5) is 0 Å². The van der Waals surface area contributed by atoms with Crippen molar-refractivity contribution in [1.82, 2.24) is 15.6 Å². The molecule has 3 atom stereocenters. The van der Waals surface area contributed by atoms with Gasteiger partial charge in [0.15, 0.2) is 5.96 Å². The Morgan fingerprint density at radius 1 is 1.52 bits per heavy atom. The highest BCUT2D eigenvalue weighted by Crippen LogP contribution is 2.34. The van der Waals surface area contributed by atoms with Crippen LogP contribution in [0.25, 0.3) is 0 Å². The molecule has 2 N–H and O–H groups in total. The van der Waals surface area contributed by atoms with Crippen molar-refractivity contribution in [2.24, 2.45) is 4.99 Å². The Bertz CT molecular complexity index is 514. The maximum Gasteiger partial charge on any atom is 0.191 e. The monoisotopic (exact) mass is 308 g/mol. The summed E-state index contributed by atoms with van der Waals surface area (Å²) < 4.78 is 5.87. The summed E-state index contributed by atoms with van der Waals surface area (Å²) in [5.74, 6) is 1.34. The smallest absolute Gasteiger partial charge is 0.191 e. The third-order valence-corrected chi connectivity index (χ3v) is 5.35. The fourth-order valence-electron chi connectivity index (χ4n) is 3.00. The van der Waals surface area contributed by atoms with Crippen molar-refractivity contribution in [2.75, 3.05) is 7.05 Å². The molecule has 3 unspecified atom stereocenters. The zero-order chi connectivity index (χ0) is 14.8. The average Bonchev–Trinajstić information content (AvgIpc) is 3.18. The van der Waals surface area contributed by atoms with Gasteiger partial charge in [-0.3, -0.25) is 4.99 Å². The normalized spacial score (nSPS) is 28.4. The molecule has 116 valence electrons. The quantitative estimate of drug-likeness (QED) is 0.662. The molecular formula is C15H24N4OS. The third kappa shape index (κ3) is 3.37. The van der Waals surface area contributed by atoms with Crippen molar-refractivity contribution in [3.05, 3.63) is 16.1 Å². The largest absolute Gasteiger partial charge is 0.373 e. The first-order chi connectivity index (χ1) is 10.2. The van der Waals surface area contributed by atoms with Crippen molar-refractivity contribution in [3.63, 3.8) is 0 Å². The van der Waals surface area contributed by atoms with E-state index < -0.39 is 0 Å². The van der Waals surface area contributed by atoms with Gasteiger partial charge in [-0.15, -0.1) is 11.3 Å². The minimum Gasteiger partial charge on any atom is -0.373 e. The molecule has 3 rings (SSSR count). The van der Waals surface area contributed by atoms with Crippen molar-refractivity contribution in [3.8, 4) is 0 Å². The number of thiazole rings is 1. The molecule has 6 heteroatoms. The average molecular weight is 308 g/mol. The summed E-state index contributed by atoms with van der Waals surface area (Å²) >= 11 is 1.73. The number of fused-ring (bicyclic) bond motifs is 2. The lowest BCUT2D eigenvalue weighted by Crippen LogP contribution is -2.47. The zero-order valence-electron chi connectivity index (χ0n) is 12.9. The van der Waals surface area contributed by atoms with E-state index in [1.807, 2.05) is 7.05 Å². The number of rotatable bonds is 4. The Morgan fingerprint density at radius 2 is 2.38 bits per heavy atom. The zero-order valence-corrected chi connectivity index (χ0v) is 13.7. The Kier molecular flexibility index (Phi) is 4.45. The van der Waals surface area contributed by atoms with E-state index in [1.54, 1.807) is 11.3 Å². The van der Waals surface area contributed by atoms with Crippen LogP contribution < -0.4 is 10.6 Å². The number of nitrogens with zero attached hydrogens (tertiary/aromatic N) is 2. The number of aliphatic imine (C=N–C) groups is 1. The lowest BCUT2D eigenvalue weighted by molar-refractivity contribution is 0.0992. The molecule has 3 heterocycles. The molecule has 1 aromatic rings. The molecule has 2 bridgehead atoms. The molecule has 21 heavy (non-hydrogen) atoms. The molecule has 2 aliphatic rings. The summed E-state index contributed by atoms with van der Waals surface area (Å²) in [5, 5.41) is 10.2. The summed E-state index contributed by atoms with van der Waals surface area (Å²) in [7, 11) is 1.81. The highest BCUT2D eigenvalue weighted by atomic mass is 32.1. The fraction of sp³-hybridized carbons (Fsp3) is 0.733. The summed E-state index contributed by atoms with van der Waals surface area (Å²) in [6, 6.07) is 0.400. The van der Waals surface area contributed by atoms with Gasteiger partial charge in [0, 0.05) is 18.3 Å². The maximum atomic E-state index is 5.87. The number of hydrogen-bond acceptors (Lipinski definition) is 4. The van der Waals surface area contributed by atoms with Gasteiger partial charge in [0.2, 0.25) is 0 Å².